The van der Waals surface area contributed by atoms with Gasteiger partial charge in [0.1, 0.15) is 19.2 Å². The van der Waals surface area contributed by atoms with Crippen LogP contribution in [0.15, 0.2) is 12.7 Å². The van der Waals surface area contributed by atoms with Crippen molar-refractivity contribution in [3.8, 4) is 0 Å². The summed E-state index contributed by atoms with van der Waals surface area (Å²) in [6, 6.07) is 0. The van der Waals surface area contributed by atoms with Crippen LogP contribution in [0.25, 0.3) is 0 Å². The molecule has 1 fully saturated rings. The molecule has 1 aromatic heterocycles. The molecule has 7 heteroatoms. The van der Waals surface area contributed by atoms with Crippen molar-refractivity contribution in [2.75, 3.05) is 0 Å². The van der Waals surface area contributed by atoms with Crippen LogP contribution in [-0.4, -0.2) is 37.3 Å². The van der Waals surface area contributed by atoms with Gasteiger partial charge in [-0.15, -0.1) is 0 Å². The third kappa shape index (κ3) is 2.80. The number of rotatable bonds is 5. The van der Waals surface area contributed by atoms with Crippen LogP contribution in [0.4, 0.5) is 0 Å². The zero-order valence-corrected chi connectivity index (χ0v) is 9.30. The van der Waals surface area contributed by atoms with Crippen molar-refractivity contribution in [1.29, 1.82) is 0 Å². The molecule has 1 aliphatic rings. The first-order chi connectivity index (χ1) is 8.10. The molecular weight excluding hydrogens is 224 g/mol. The number of hydrogen-bond acceptors (Lipinski definition) is 4. The summed E-state index contributed by atoms with van der Waals surface area (Å²) in [6.07, 6.45) is 5.19. The van der Waals surface area contributed by atoms with Gasteiger partial charge in [0, 0.05) is 0 Å². The zero-order valence-electron chi connectivity index (χ0n) is 9.30. The van der Waals surface area contributed by atoms with E-state index >= 15 is 0 Å². The number of carbonyl (C=O) groups excluding carboxylic acids is 1. The third-order valence-corrected chi connectivity index (χ3v) is 2.98. The van der Waals surface area contributed by atoms with E-state index in [4.69, 9.17) is 5.11 Å². The molecule has 1 heterocycles. The Bertz CT molecular complexity index is 411. The van der Waals surface area contributed by atoms with Crippen molar-refractivity contribution < 1.29 is 14.7 Å². The lowest BCUT2D eigenvalue weighted by molar-refractivity contribution is -0.140. The van der Waals surface area contributed by atoms with E-state index in [0.717, 1.165) is 19.3 Å². The van der Waals surface area contributed by atoms with Crippen LogP contribution < -0.4 is 5.32 Å². The highest BCUT2D eigenvalue weighted by Crippen LogP contribution is 2.34. The first kappa shape index (κ1) is 11.6. The minimum Gasteiger partial charge on any atom is -0.481 e. The highest BCUT2D eigenvalue weighted by atomic mass is 16.4. The van der Waals surface area contributed by atoms with Crippen molar-refractivity contribution >= 4 is 11.9 Å². The average Bonchev–Trinajstić information content (AvgIpc) is 2.66. The molecule has 92 valence electrons. The van der Waals surface area contributed by atoms with Crippen molar-refractivity contribution in [3.05, 3.63) is 12.7 Å². The van der Waals surface area contributed by atoms with Crippen LogP contribution in [0, 0.1) is 0 Å². The molecule has 0 radical (unpaired) electrons. The number of hydrogen-bond donors (Lipinski definition) is 2. The Morgan fingerprint density at radius 2 is 2.24 bits per heavy atom. The first-order valence-corrected chi connectivity index (χ1v) is 5.45. The zero-order chi connectivity index (χ0) is 12.3. The van der Waals surface area contributed by atoms with E-state index in [-0.39, 0.29) is 18.9 Å². The quantitative estimate of drug-likeness (QED) is 0.739. The number of nitrogens with zero attached hydrogens (tertiary/aromatic N) is 3. The van der Waals surface area contributed by atoms with Gasteiger partial charge in [0.2, 0.25) is 5.91 Å². The maximum Gasteiger partial charge on any atom is 0.305 e. The average molecular weight is 238 g/mol. The molecule has 0 atom stereocenters. The molecule has 0 bridgehead atoms. The summed E-state index contributed by atoms with van der Waals surface area (Å²) in [6.45, 7) is 0.0708. The van der Waals surface area contributed by atoms with E-state index < -0.39 is 11.5 Å². The van der Waals surface area contributed by atoms with E-state index in [9.17, 15) is 9.59 Å². The third-order valence-electron chi connectivity index (χ3n) is 2.98. The number of carboxylic acid groups (broad SMARTS) is 1. The molecule has 0 aliphatic heterocycles. The standard InChI is InChI=1S/C10H14N4O3/c15-8(5-14-7-11-6-12-14)13-10(2-1-3-10)4-9(16)17/h6-7H,1-5H2,(H,13,15)(H,16,17). The fourth-order valence-electron chi connectivity index (χ4n) is 2.04. The summed E-state index contributed by atoms with van der Waals surface area (Å²) < 4.78 is 1.41. The Morgan fingerprint density at radius 1 is 1.47 bits per heavy atom. The van der Waals surface area contributed by atoms with Crippen LogP contribution in [0.2, 0.25) is 0 Å². The summed E-state index contributed by atoms with van der Waals surface area (Å²) >= 11 is 0. The molecule has 0 saturated heterocycles. The highest BCUT2D eigenvalue weighted by Gasteiger charge is 2.40. The maximum atomic E-state index is 11.7. The maximum absolute atomic E-state index is 11.7. The predicted molar refractivity (Wildman–Crippen MR) is 57.0 cm³/mol. The number of aliphatic carboxylic acids is 1. The van der Waals surface area contributed by atoms with Gasteiger partial charge in [-0.05, 0) is 19.3 Å². The lowest BCUT2D eigenvalue weighted by Crippen LogP contribution is -2.55. The number of carbonyl (C=O) groups is 2. The monoisotopic (exact) mass is 238 g/mol. The Hall–Kier alpha value is -1.92. The Morgan fingerprint density at radius 3 is 2.71 bits per heavy atom. The fourth-order valence-corrected chi connectivity index (χ4v) is 2.04. The molecule has 1 amide bonds. The second-order valence-electron chi connectivity index (χ2n) is 4.35. The minimum absolute atomic E-state index is 0.0178. The SMILES string of the molecule is O=C(O)CC1(NC(=O)Cn2cncn2)CCC1. The van der Waals surface area contributed by atoms with Gasteiger partial charge in [-0.3, -0.25) is 9.59 Å². The number of carboxylic acids is 1. The highest BCUT2D eigenvalue weighted by molar-refractivity contribution is 5.78. The normalized spacial score (nSPS) is 17.2. The summed E-state index contributed by atoms with van der Waals surface area (Å²) in [5.74, 6) is -1.11. The van der Waals surface area contributed by atoms with Crippen molar-refractivity contribution in [1.82, 2.24) is 20.1 Å². The van der Waals surface area contributed by atoms with Gasteiger partial charge in [-0.2, -0.15) is 5.10 Å². The van der Waals surface area contributed by atoms with E-state index in [1.165, 1.54) is 17.3 Å². The molecule has 17 heavy (non-hydrogen) atoms. The van der Waals surface area contributed by atoms with Gasteiger partial charge in [0.25, 0.3) is 0 Å². The van der Waals surface area contributed by atoms with E-state index in [1.54, 1.807) is 0 Å². The molecule has 2 N–H and O–H groups in total. The number of nitrogens with one attached hydrogen (secondary N) is 1. The lowest BCUT2D eigenvalue weighted by Gasteiger charge is -2.41. The van der Waals surface area contributed by atoms with Gasteiger partial charge in [-0.25, -0.2) is 9.67 Å². The van der Waals surface area contributed by atoms with Crippen LogP contribution >= 0.6 is 0 Å². The van der Waals surface area contributed by atoms with Crippen molar-refractivity contribution in [3.63, 3.8) is 0 Å². The number of aromatic nitrogens is 3. The van der Waals surface area contributed by atoms with E-state index in [0.29, 0.717) is 0 Å². The molecular formula is C10H14N4O3. The molecule has 7 nitrogen and oxygen atoms in total. The Kier molecular flexibility index (Phi) is 3.08. The minimum atomic E-state index is -0.884. The summed E-state index contributed by atoms with van der Waals surface area (Å²) in [7, 11) is 0. The van der Waals surface area contributed by atoms with Gasteiger partial charge < -0.3 is 10.4 Å². The van der Waals surface area contributed by atoms with Gasteiger partial charge >= 0.3 is 5.97 Å². The van der Waals surface area contributed by atoms with Gasteiger partial charge in [-0.1, -0.05) is 0 Å². The Balaban J connectivity index is 1.90. The number of amides is 1. The van der Waals surface area contributed by atoms with Crippen LogP contribution in [0.1, 0.15) is 25.7 Å². The molecule has 0 aromatic carbocycles. The summed E-state index contributed by atoms with van der Waals surface area (Å²) in [5, 5.41) is 15.4. The molecule has 1 aliphatic carbocycles. The fraction of sp³-hybridized carbons (Fsp3) is 0.600. The van der Waals surface area contributed by atoms with Crippen molar-refractivity contribution in [2.45, 2.75) is 37.8 Å². The van der Waals surface area contributed by atoms with Crippen molar-refractivity contribution in [2.24, 2.45) is 0 Å². The predicted octanol–water partition coefficient (Wildman–Crippen LogP) is -0.208. The lowest BCUT2D eigenvalue weighted by atomic mass is 9.74. The van der Waals surface area contributed by atoms with E-state index in [1.807, 2.05) is 0 Å². The van der Waals surface area contributed by atoms with Crippen LogP contribution in [0.5, 0.6) is 0 Å². The molecule has 0 unspecified atom stereocenters. The largest absolute Gasteiger partial charge is 0.481 e. The van der Waals surface area contributed by atoms with Crippen LogP contribution in [-0.2, 0) is 16.1 Å². The molecule has 1 aromatic rings. The second kappa shape index (κ2) is 4.52. The van der Waals surface area contributed by atoms with Gasteiger partial charge in [0.15, 0.2) is 0 Å². The summed E-state index contributed by atoms with van der Waals surface area (Å²) in [5.41, 5.74) is -0.552. The Labute approximate surface area is 97.8 Å². The molecule has 1 saturated carbocycles. The summed E-state index contributed by atoms with van der Waals surface area (Å²) in [4.78, 5) is 26.2. The van der Waals surface area contributed by atoms with Crippen LogP contribution in [0.3, 0.4) is 0 Å². The van der Waals surface area contributed by atoms with E-state index in [2.05, 4.69) is 15.4 Å². The second-order valence-corrected chi connectivity index (χ2v) is 4.35. The molecule has 2 rings (SSSR count). The molecule has 0 spiro atoms. The topological polar surface area (TPSA) is 97.1 Å². The first-order valence-electron chi connectivity index (χ1n) is 5.45. The smallest absolute Gasteiger partial charge is 0.305 e. The van der Waals surface area contributed by atoms with Gasteiger partial charge in [0.05, 0.1) is 12.0 Å².